The van der Waals surface area contributed by atoms with E-state index in [0.29, 0.717) is 48.8 Å². The first-order valence-electron chi connectivity index (χ1n) is 8.00. The fourth-order valence-corrected chi connectivity index (χ4v) is 2.54. The summed E-state index contributed by atoms with van der Waals surface area (Å²) >= 11 is 0. The van der Waals surface area contributed by atoms with Crippen LogP contribution in [0, 0.1) is 0 Å². The van der Waals surface area contributed by atoms with E-state index in [-0.39, 0.29) is 5.91 Å². The van der Waals surface area contributed by atoms with E-state index in [0.717, 1.165) is 6.42 Å². The number of hydrogen-bond acceptors (Lipinski definition) is 4. The van der Waals surface area contributed by atoms with E-state index in [1.807, 2.05) is 13.8 Å². The van der Waals surface area contributed by atoms with E-state index >= 15 is 0 Å². The highest BCUT2D eigenvalue weighted by Gasteiger charge is 2.20. The fourth-order valence-electron chi connectivity index (χ4n) is 2.54. The summed E-state index contributed by atoms with van der Waals surface area (Å²) in [4.78, 5) is 26.3. The molecule has 124 valence electrons. The number of nitrogens with zero attached hydrogens (tertiary/aromatic N) is 1. The van der Waals surface area contributed by atoms with E-state index in [2.05, 4.69) is 0 Å². The summed E-state index contributed by atoms with van der Waals surface area (Å²) in [6.45, 7) is 7.56. The number of carbonyl (C=O) groups excluding carboxylic acids is 2. The van der Waals surface area contributed by atoms with Crippen molar-refractivity contribution in [3.8, 4) is 5.75 Å². The molecule has 5 nitrogen and oxygen atoms in total. The van der Waals surface area contributed by atoms with Gasteiger partial charge in [-0.2, -0.15) is 0 Å². The van der Waals surface area contributed by atoms with Crippen molar-refractivity contribution in [2.75, 3.05) is 19.7 Å². The third-order valence-corrected chi connectivity index (χ3v) is 3.90. The fraction of sp³-hybridized carbons (Fsp3) is 0.444. The summed E-state index contributed by atoms with van der Waals surface area (Å²) in [5.41, 5.74) is 1.08. The van der Waals surface area contributed by atoms with Crippen LogP contribution in [0.25, 0.3) is 0 Å². The minimum Gasteiger partial charge on any atom is -0.498 e. The van der Waals surface area contributed by atoms with E-state index in [9.17, 15) is 9.59 Å². The highest BCUT2D eigenvalue weighted by atomic mass is 16.5. The maximum Gasteiger partial charge on any atom is 0.342 e. The van der Waals surface area contributed by atoms with Gasteiger partial charge in [-0.3, -0.25) is 4.79 Å². The van der Waals surface area contributed by atoms with Crippen LogP contribution < -0.4 is 4.74 Å². The molecular formula is C18H23NO4. The van der Waals surface area contributed by atoms with Crippen molar-refractivity contribution >= 4 is 11.9 Å². The summed E-state index contributed by atoms with van der Waals surface area (Å²) in [5, 5.41) is 0. The summed E-state index contributed by atoms with van der Waals surface area (Å²) in [6.07, 6.45) is 1.46. The second-order valence-corrected chi connectivity index (χ2v) is 5.38. The highest BCUT2D eigenvalue weighted by Crippen LogP contribution is 2.22. The first-order chi connectivity index (χ1) is 11.1. The van der Waals surface area contributed by atoms with E-state index < -0.39 is 5.97 Å². The first kappa shape index (κ1) is 17.1. The van der Waals surface area contributed by atoms with Gasteiger partial charge in [0.05, 0.1) is 12.2 Å². The first-order valence-corrected chi connectivity index (χ1v) is 8.00. The Morgan fingerprint density at radius 2 is 2.00 bits per heavy atom. The topological polar surface area (TPSA) is 55.8 Å². The third kappa shape index (κ3) is 4.12. The second-order valence-electron chi connectivity index (χ2n) is 5.38. The van der Waals surface area contributed by atoms with Gasteiger partial charge in [0.1, 0.15) is 11.5 Å². The van der Waals surface area contributed by atoms with E-state index in [4.69, 9.17) is 9.47 Å². The molecule has 0 fully saturated rings. The number of carbonyl (C=O) groups is 2. The number of amides is 1. The molecule has 1 amide bonds. The molecule has 0 aromatic heterocycles. The molecule has 0 bridgehead atoms. The number of rotatable bonds is 5. The molecule has 2 rings (SSSR count). The van der Waals surface area contributed by atoms with Crippen molar-refractivity contribution in [2.24, 2.45) is 0 Å². The van der Waals surface area contributed by atoms with Crippen molar-refractivity contribution in [2.45, 2.75) is 33.6 Å². The molecule has 0 spiro atoms. The van der Waals surface area contributed by atoms with Crippen LogP contribution in [0.15, 0.2) is 35.6 Å². The number of allylic oxidation sites excluding steroid dienone is 1. The average molecular weight is 317 g/mol. The molecule has 0 aliphatic carbocycles. The number of ether oxygens (including phenoxy) is 2. The minimum absolute atomic E-state index is 0.0655. The molecule has 0 saturated carbocycles. The Bertz CT molecular complexity index is 617. The van der Waals surface area contributed by atoms with Crippen molar-refractivity contribution in [3.63, 3.8) is 0 Å². The molecule has 1 heterocycles. The van der Waals surface area contributed by atoms with Crippen molar-refractivity contribution < 1.29 is 19.1 Å². The zero-order valence-corrected chi connectivity index (χ0v) is 13.9. The Hall–Kier alpha value is -2.30. The predicted octanol–water partition coefficient (Wildman–Crippen LogP) is 3.16. The maximum absolute atomic E-state index is 12.4. The van der Waals surface area contributed by atoms with Gasteiger partial charge in [-0.1, -0.05) is 6.07 Å². The van der Waals surface area contributed by atoms with Gasteiger partial charge >= 0.3 is 5.97 Å². The van der Waals surface area contributed by atoms with Gasteiger partial charge in [0.2, 0.25) is 0 Å². The van der Waals surface area contributed by atoms with Crippen molar-refractivity contribution in [1.29, 1.82) is 0 Å². The number of hydrogen-bond donors (Lipinski definition) is 0. The van der Waals surface area contributed by atoms with Gasteiger partial charge in [0, 0.05) is 18.7 Å². The summed E-state index contributed by atoms with van der Waals surface area (Å²) < 4.78 is 10.8. The molecule has 1 aromatic rings. The van der Waals surface area contributed by atoms with E-state index in [1.54, 1.807) is 36.1 Å². The lowest BCUT2D eigenvalue weighted by molar-refractivity contribution is -0.130. The van der Waals surface area contributed by atoms with Gasteiger partial charge in [-0.25, -0.2) is 4.79 Å². The molecule has 0 unspecified atom stereocenters. The molecule has 0 N–H and O–H groups in total. The van der Waals surface area contributed by atoms with Crippen LogP contribution >= 0.6 is 0 Å². The van der Waals surface area contributed by atoms with Gasteiger partial charge in [0.15, 0.2) is 0 Å². The molecule has 0 radical (unpaired) electrons. The number of benzene rings is 1. The molecule has 1 aliphatic rings. The molecule has 0 saturated heterocycles. The largest absolute Gasteiger partial charge is 0.498 e. The van der Waals surface area contributed by atoms with Gasteiger partial charge in [0.25, 0.3) is 5.91 Å². The monoisotopic (exact) mass is 317 g/mol. The Morgan fingerprint density at radius 3 is 2.65 bits per heavy atom. The van der Waals surface area contributed by atoms with Crippen LogP contribution in [0.3, 0.4) is 0 Å². The van der Waals surface area contributed by atoms with E-state index in [1.165, 1.54) is 0 Å². The van der Waals surface area contributed by atoms with Gasteiger partial charge in [-0.15, -0.1) is 0 Å². The zero-order valence-electron chi connectivity index (χ0n) is 13.9. The average Bonchev–Trinajstić information content (AvgIpc) is 2.56. The Labute approximate surface area is 136 Å². The highest BCUT2D eigenvalue weighted by molar-refractivity contribution is 5.95. The SMILES string of the molecule is CCN(CC)C(=O)c1cccc(OC(=O)C2=C(C)OCCC2)c1. The quantitative estimate of drug-likeness (QED) is 0.618. The van der Waals surface area contributed by atoms with Crippen LogP contribution in [-0.4, -0.2) is 36.5 Å². The Balaban J connectivity index is 2.14. The number of esters is 1. The van der Waals surface area contributed by atoms with Crippen LogP contribution in [0.2, 0.25) is 0 Å². The van der Waals surface area contributed by atoms with Gasteiger partial charge in [-0.05, 0) is 51.8 Å². The Kier molecular flexibility index (Phi) is 5.79. The lowest BCUT2D eigenvalue weighted by Gasteiger charge is -2.19. The normalized spacial score (nSPS) is 14.2. The molecule has 23 heavy (non-hydrogen) atoms. The lowest BCUT2D eigenvalue weighted by atomic mass is 10.1. The Morgan fingerprint density at radius 1 is 1.26 bits per heavy atom. The molecule has 1 aliphatic heterocycles. The smallest absolute Gasteiger partial charge is 0.342 e. The maximum atomic E-state index is 12.4. The van der Waals surface area contributed by atoms with Gasteiger partial charge < -0.3 is 14.4 Å². The van der Waals surface area contributed by atoms with Crippen LogP contribution in [0.4, 0.5) is 0 Å². The third-order valence-electron chi connectivity index (χ3n) is 3.90. The predicted molar refractivity (Wildman–Crippen MR) is 87.2 cm³/mol. The standard InChI is InChI=1S/C18H23NO4/c1-4-19(5-2)17(20)14-8-6-9-15(12-14)23-18(21)16-10-7-11-22-13(16)3/h6,8-9,12H,4-5,7,10-11H2,1-3H3. The van der Waals surface area contributed by atoms with Crippen LogP contribution in [-0.2, 0) is 9.53 Å². The summed E-state index contributed by atoms with van der Waals surface area (Å²) in [7, 11) is 0. The lowest BCUT2D eigenvalue weighted by Crippen LogP contribution is -2.30. The molecule has 0 atom stereocenters. The molecular weight excluding hydrogens is 294 g/mol. The summed E-state index contributed by atoms with van der Waals surface area (Å²) in [6, 6.07) is 6.73. The van der Waals surface area contributed by atoms with Crippen molar-refractivity contribution in [1.82, 2.24) is 4.90 Å². The zero-order chi connectivity index (χ0) is 16.8. The summed E-state index contributed by atoms with van der Waals surface area (Å²) in [5.74, 6) is 0.523. The second kappa shape index (κ2) is 7.81. The van der Waals surface area contributed by atoms with Crippen LogP contribution in [0.5, 0.6) is 5.75 Å². The van der Waals surface area contributed by atoms with Crippen molar-refractivity contribution in [3.05, 3.63) is 41.2 Å². The van der Waals surface area contributed by atoms with Crippen LogP contribution in [0.1, 0.15) is 44.0 Å². The molecule has 5 heteroatoms. The molecule has 1 aromatic carbocycles. The minimum atomic E-state index is -0.408.